The topological polar surface area (TPSA) is 41.4 Å². The molecule has 1 amide bonds. The van der Waals surface area contributed by atoms with Crippen molar-refractivity contribution in [1.82, 2.24) is 19.6 Å². The first kappa shape index (κ1) is 17.3. The lowest BCUT2D eigenvalue weighted by atomic mass is 10.1. The van der Waals surface area contributed by atoms with E-state index in [-0.39, 0.29) is 5.91 Å². The Bertz CT molecular complexity index is 772. The zero-order valence-electron chi connectivity index (χ0n) is 15.8. The molecular formula is C21H28N4O. The Morgan fingerprint density at radius 2 is 1.85 bits per heavy atom. The summed E-state index contributed by atoms with van der Waals surface area (Å²) in [6, 6.07) is 11.3. The Hall–Kier alpha value is -2.14. The van der Waals surface area contributed by atoms with E-state index in [1.54, 1.807) is 0 Å². The molecule has 5 nitrogen and oxygen atoms in total. The van der Waals surface area contributed by atoms with Crippen molar-refractivity contribution in [1.29, 1.82) is 0 Å². The summed E-state index contributed by atoms with van der Waals surface area (Å²) in [6.07, 6.45) is 3.32. The first-order valence-electron chi connectivity index (χ1n) is 9.80. The first-order chi connectivity index (χ1) is 12.7. The third-order valence-corrected chi connectivity index (χ3v) is 5.86. The van der Waals surface area contributed by atoms with Crippen molar-refractivity contribution >= 4 is 5.91 Å². The molecule has 138 valence electrons. The van der Waals surface area contributed by atoms with Crippen molar-refractivity contribution in [3.05, 3.63) is 52.8 Å². The average molecular weight is 352 g/mol. The Morgan fingerprint density at radius 3 is 2.50 bits per heavy atom. The zero-order chi connectivity index (χ0) is 18.1. The van der Waals surface area contributed by atoms with E-state index in [9.17, 15) is 4.79 Å². The van der Waals surface area contributed by atoms with E-state index in [2.05, 4.69) is 41.2 Å². The molecule has 0 bridgehead atoms. The van der Waals surface area contributed by atoms with Crippen LogP contribution in [0.1, 0.15) is 40.7 Å². The molecule has 26 heavy (non-hydrogen) atoms. The number of benzene rings is 1. The number of hydrogen-bond donors (Lipinski definition) is 0. The van der Waals surface area contributed by atoms with E-state index >= 15 is 0 Å². The van der Waals surface area contributed by atoms with Crippen molar-refractivity contribution in [2.45, 2.75) is 45.7 Å². The van der Waals surface area contributed by atoms with Gasteiger partial charge >= 0.3 is 0 Å². The van der Waals surface area contributed by atoms with E-state index < -0.39 is 0 Å². The Morgan fingerprint density at radius 1 is 1.12 bits per heavy atom. The summed E-state index contributed by atoms with van der Waals surface area (Å²) < 4.78 is 1.90. The molecule has 1 aromatic heterocycles. The van der Waals surface area contributed by atoms with Crippen LogP contribution in [0.25, 0.3) is 0 Å². The molecule has 0 atom stereocenters. The lowest BCUT2D eigenvalue weighted by Crippen LogP contribution is -2.40. The molecule has 2 heterocycles. The molecular weight excluding hydrogens is 324 g/mol. The van der Waals surface area contributed by atoms with Gasteiger partial charge in [0.15, 0.2) is 5.69 Å². The van der Waals surface area contributed by atoms with Crippen molar-refractivity contribution in [3.63, 3.8) is 0 Å². The maximum absolute atomic E-state index is 12.9. The summed E-state index contributed by atoms with van der Waals surface area (Å²) in [4.78, 5) is 17.4. The third kappa shape index (κ3) is 3.28. The molecule has 2 aromatic rings. The number of aryl methyl sites for hydroxylation is 2. The van der Waals surface area contributed by atoms with Crippen LogP contribution in [0.15, 0.2) is 30.3 Å². The number of amides is 1. The normalized spacial score (nSPS) is 18.8. The second-order valence-electron chi connectivity index (χ2n) is 7.50. The van der Waals surface area contributed by atoms with Gasteiger partial charge in [0.1, 0.15) is 0 Å². The Balaban J connectivity index is 1.40. The highest BCUT2D eigenvalue weighted by Gasteiger charge is 2.29. The summed E-state index contributed by atoms with van der Waals surface area (Å²) in [6.45, 7) is 8.52. The minimum Gasteiger partial charge on any atom is -0.336 e. The Kier molecular flexibility index (Phi) is 4.81. The van der Waals surface area contributed by atoms with Crippen LogP contribution < -0.4 is 0 Å². The highest BCUT2D eigenvalue weighted by Crippen LogP contribution is 2.26. The van der Waals surface area contributed by atoms with Crippen LogP contribution in [-0.2, 0) is 19.4 Å². The lowest BCUT2D eigenvalue weighted by molar-refractivity contribution is 0.0751. The summed E-state index contributed by atoms with van der Waals surface area (Å²) in [7, 11) is 0. The fraction of sp³-hybridized carbons (Fsp3) is 0.524. The maximum Gasteiger partial charge on any atom is 0.274 e. The van der Waals surface area contributed by atoms with Crippen LogP contribution in [0.4, 0.5) is 0 Å². The van der Waals surface area contributed by atoms with Gasteiger partial charge in [0, 0.05) is 44.5 Å². The van der Waals surface area contributed by atoms with Crippen LogP contribution in [0.3, 0.4) is 0 Å². The zero-order valence-corrected chi connectivity index (χ0v) is 15.8. The van der Waals surface area contributed by atoms with Gasteiger partial charge < -0.3 is 4.90 Å². The molecule has 1 aromatic carbocycles. The fourth-order valence-electron chi connectivity index (χ4n) is 4.40. The largest absolute Gasteiger partial charge is 0.336 e. The maximum atomic E-state index is 12.9. The van der Waals surface area contributed by atoms with Gasteiger partial charge in [-0.05, 0) is 50.3 Å². The van der Waals surface area contributed by atoms with Gasteiger partial charge in [-0.15, -0.1) is 0 Å². The predicted molar refractivity (Wildman–Crippen MR) is 102 cm³/mol. The molecule has 4 rings (SSSR count). The summed E-state index contributed by atoms with van der Waals surface area (Å²) in [5, 5.41) is 4.47. The monoisotopic (exact) mass is 352 g/mol. The number of fused-ring (bicyclic) bond motifs is 1. The van der Waals surface area contributed by atoms with Crippen molar-refractivity contribution < 1.29 is 4.79 Å². The fourth-order valence-corrected chi connectivity index (χ4v) is 4.40. The van der Waals surface area contributed by atoms with Gasteiger partial charge in [0.05, 0.1) is 0 Å². The van der Waals surface area contributed by atoms with Crippen LogP contribution in [0.5, 0.6) is 0 Å². The van der Waals surface area contributed by atoms with E-state index in [1.165, 1.54) is 11.1 Å². The number of hydrogen-bond acceptors (Lipinski definition) is 3. The average Bonchev–Trinajstić information content (AvgIpc) is 3.16. The van der Waals surface area contributed by atoms with Gasteiger partial charge in [-0.2, -0.15) is 5.10 Å². The van der Waals surface area contributed by atoms with Crippen molar-refractivity contribution in [2.24, 2.45) is 0 Å². The van der Waals surface area contributed by atoms with E-state index in [4.69, 9.17) is 0 Å². The second-order valence-corrected chi connectivity index (χ2v) is 7.50. The van der Waals surface area contributed by atoms with E-state index in [1.807, 2.05) is 22.6 Å². The van der Waals surface area contributed by atoms with Crippen LogP contribution >= 0.6 is 0 Å². The molecule has 2 aliphatic rings. The first-order valence-corrected chi connectivity index (χ1v) is 9.80. The van der Waals surface area contributed by atoms with Gasteiger partial charge in [-0.25, -0.2) is 0 Å². The van der Waals surface area contributed by atoms with E-state index in [0.717, 1.165) is 57.7 Å². The summed E-state index contributed by atoms with van der Waals surface area (Å²) >= 11 is 0. The smallest absolute Gasteiger partial charge is 0.274 e. The van der Waals surface area contributed by atoms with Crippen molar-refractivity contribution in [3.8, 4) is 0 Å². The van der Waals surface area contributed by atoms with E-state index in [0.29, 0.717) is 11.7 Å². The molecule has 1 aliphatic carbocycles. The van der Waals surface area contributed by atoms with Crippen LogP contribution in [-0.4, -0.2) is 57.7 Å². The standard InChI is InChI=1S/C21H28N4O/c1-3-25-16(2)13-20(22-25)21(26)24-10-6-9-23(11-12-24)19-14-17-7-4-5-8-18(17)15-19/h4-5,7-8,13,19H,3,6,9-12,14-15H2,1-2H3. The van der Waals surface area contributed by atoms with Crippen LogP contribution in [0, 0.1) is 6.92 Å². The quantitative estimate of drug-likeness (QED) is 0.852. The van der Waals surface area contributed by atoms with Crippen LogP contribution in [0.2, 0.25) is 0 Å². The Labute approximate surface area is 155 Å². The molecule has 1 fully saturated rings. The predicted octanol–water partition coefficient (Wildman–Crippen LogP) is 2.53. The molecule has 0 unspecified atom stereocenters. The minimum absolute atomic E-state index is 0.0804. The van der Waals surface area contributed by atoms with Gasteiger partial charge in [-0.3, -0.25) is 14.4 Å². The molecule has 5 heteroatoms. The molecule has 0 saturated carbocycles. The minimum atomic E-state index is 0.0804. The lowest BCUT2D eigenvalue weighted by Gasteiger charge is -2.27. The molecule has 1 aliphatic heterocycles. The molecule has 1 saturated heterocycles. The highest BCUT2D eigenvalue weighted by atomic mass is 16.2. The summed E-state index contributed by atoms with van der Waals surface area (Å²) in [5.74, 6) is 0.0804. The molecule has 0 spiro atoms. The van der Waals surface area contributed by atoms with Gasteiger partial charge in [0.25, 0.3) is 5.91 Å². The summed E-state index contributed by atoms with van der Waals surface area (Å²) in [5.41, 5.74) is 4.63. The SMILES string of the molecule is CCn1nc(C(=O)N2CCCN(C3Cc4ccccc4C3)CC2)cc1C. The molecule has 0 radical (unpaired) electrons. The number of carbonyl (C=O) groups excluding carboxylic acids is 1. The second kappa shape index (κ2) is 7.23. The third-order valence-electron chi connectivity index (χ3n) is 5.86. The highest BCUT2D eigenvalue weighted by molar-refractivity contribution is 5.92. The number of nitrogens with zero attached hydrogens (tertiary/aromatic N) is 4. The van der Waals surface area contributed by atoms with Crippen molar-refractivity contribution in [2.75, 3.05) is 26.2 Å². The molecule has 0 N–H and O–H groups in total. The van der Waals surface area contributed by atoms with Gasteiger partial charge in [-0.1, -0.05) is 24.3 Å². The van der Waals surface area contributed by atoms with Gasteiger partial charge in [0.2, 0.25) is 0 Å². The number of carbonyl (C=O) groups is 1. The number of aromatic nitrogens is 2. The number of rotatable bonds is 3.